The summed E-state index contributed by atoms with van der Waals surface area (Å²) >= 11 is 0. The monoisotopic (exact) mass is 334 g/mol. The van der Waals surface area contributed by atoms with Crippen molar-refractivity contribution >= 4 is 23.2 Å². The summed E-state index contributed by atoms with van der Waals surface area (Å²) in [7, 11) is 0. The van der Waals surface area contributed by atoms with E-state index in [1.54, 1.807) is 29.1 Å². The molecule has 1 aliphatic rings. The van der Waals surface area contributed by atoms with Gasteiger partial charge in [-0.1, -0.05) is 18.2 Å². The lowest BCUT2D eigenvalue weighted by atomic mass is 10.2. The molecular weight excluding hydrogens is 320 g/mol. The number of fused-ring (bicyclic) bond motifs is 1. The highest BCUT2D eigenvalue weighted by atomic mass is 16.5. The lowest BCUT2D eigenvalue weighted by Gasteiger charge is -2.18. The summed E-state index contributed by atoms with van der Waals surface area (Å²) in [6.45, 7) is -0.00499. The Kier molecular flexibility index (Phi) is 3.66. The second kappa shape index (κ2) is 6.12. The number of amides is 2. The lowest BCUT2D eigenvalue weighted by Crippen LogP contribution is -2.25. The van der Waals surface area contributed by atoms with Crippen molar-refractivity contribution in [3.8, 4) is 11.4 Å². The highest BCUT2D eigenvalue weighted by Crippen LogP contribution is 2.30. The van der Waals surface area contributed by atoms with Crippen LogP contribution in [0.1, 0.15) is 10.5 Å². The van der Waals surface area contributed by atoms with Gasteiger partial charge < -0.3 is 15.4 Å². The van der Waals surface area contributed by atoms with E-state index in [1.165, 1.54) is 6.20 Å². The zero-order valence-electron chi connectivity index (χ0n) is 13.1. The van der Waals surface area contributed by atoms with E-state index in [4.69, 9.17) is 4.74 Å². The van der Waals surface area contributed by atoms with Crippen LogP contribution in [0.15, 0.2) is 61.1 Å². The minimum Gasteiger partial charge on any atom is -0.482 e. The number of carbonyl (C=O) groups excluding carboxylic acids is 2. The van der Waals surface area contributed by atoms with E-state index in [0.29, 0.717) is 22.8 Å². The Balaban J connectivity index is 1.59. The summed E-state index contributed by atoms with van der Waals surface area (Å²) in [5.74, 6) is 0.0504. The Morgan fingerprint density at radius 2 is 2.04 bits per heavy atom. The molecule has 0 spiro atoms. The van der Waals surface area contributed by atoms with Gasteiger partial charge in [0.1, 0.15) is 11.4 Å². The molecule has 0 unspecified atom stereocenters. The molecule has 7 nitrogen and oxygen atoms in total. The molecule has 2 N–H and O–H groups in total. The molecule has 1 aliphatic heterocycles. The SMILES string of the molecule is O=C1COc2ccc(NC(=O)c3cncn3-c3ccccc3)cc2N1. The predicted molar refractivity (Wildman–Crippen MR) is 92.1 cm³/mol. The number of rotatable bonds is 3. The number of benzene rings is 2. The maximum atomic E-state index is 12.6. The molecular formula is C18H14N4O3. The molecule has 0 aliphatic carbocycles. The third-order valence-corrected chi connectivity index (χ3v) is 3.78. The van der Waals surface area contributed by atoms with Crippen LogP contribution in [0.2, 0.25) is 0 Å². The summed E-state index contributed by atoms with van der Waals surface area (Å²) in [6.07, 6.45) is 3.09. The minimum atomic E-state index is -0.302. The first-order valence-corrected chi connectivity index (χ1v) is 7.66. The van der Waals surface area contributed by atoms with Crippen molar-refractivity contribution in [1.82, 2.24) is 9.55 Å². The average Bonchev–Trinajstić information content (AvgIpc) is 3.12. The Labute approximate surface area is 143 Å². The largest absolute Gasteiger partial charge is 0.482 e. The zero-order chi connectivity index (χ0) is 17.2. The molecule has 0 saturated carbocycles. The molecule has 2 amide bonds. The molecule has 0 bridgehead atoms. The van der Waals surface area contributed by atoms with Gasteiger partial charge in [0.2, 0.25) is 0 Å². The van der Waals surface area contributed by atoms with Gasteiger partial charge >= 0.3 is 0 Å². The summed E-state index contributed by atoms with van der Waals surface area (Å²) in [6, 6.07) is 14.6. The molecule has 0 saturated heterocycles. The van der Waals surface area contributed by atoms with Gasteiger partial charge in [-0.25, -0.2) is 4.98 Å². The highest BCUT2D eigenvalue weighted by molar-refractivity contribution is 6.04. The summed E-state index contributed by atoms with van der Waals surface area (Å²) in [5.41, 5.74) is 2.33. The van der Waals surface area contributed by atoms with Crippen LogP contribution < -0.4 is 15.4 Å². The Morgan fingerprint density at radius 1 is 1.20 bits per heavy atom. The second-order valence-electron chi connectivity index (χ2n) is 5.49. The van der Waals surface area contributed by atoms with Crippen molar-refractivity contribution in [3.63, 3.8) is 0 Å². The maximum Gasteiger partial charge on any atom is 0.274 e. The minimum absolute atomic E-state index is 0.00499. The molecule has 1 aromatic heterocycles. The van der Waals surface area contributed by atoms with Crippen molar-refractivity contribution in [2.24, 2.45) is 0 Å². The molecule has 25 heavy (non-hydrogen) atoms. The first-order chi connectivity index (χ1) is 12.2. The van der Waals surface area contributed by atoms with Crippen molar-refractivity contribution in [2.75, 3.05) is 17.2 Å². The van der Waals surface area contributed by atoms with Crippen LogP contribution in [0.3, 0.4) is 0 Å². The van der Waals surface area contributed by atoms with Crippen molar-refractivity contribution < 1.29 is 14.3 Å². The van der Waals surface area contributed by atoms with Gasteiger partial charge in [0.15, 0.2) is 6.61 Å². The van der Waals surface area contributed by atoms with Crippen LogP contribution in [0, 0.1) is 0 Å². The van der Waals surface area contributed by atoms with Gasteiger partial charge in [-0.3, -0.25) is 14.2 Å². The fourth-order valence-electron chi connectivity index (χ4n) is 2.61. The third-order valence-electron chi connectivity index (χ3n) is 3.78. The topological polar surface area (TPSA) is 85.2 Å². The Bertz CT molecular complexity index is 950. The highest BCUT2D eigenvalue weighted by Gasteiger charge is 2.18. The number of para-hydroxylation sites is 1. The standard InChI is InChI=1S/C18H14N4O3/c23-17-10-25-16-7-6-12(8-14(16)21-17)20-18(24)15-9-19-11-22(15)13-4-2-1-3-5-13/h1-9,11H,10H2,(H,20,24)(H,21,23). The molecule has 0 atom stereocenters. The molecule has 2 heterocycles. The second-order valence-corrected chi connectivity index (χ2v) is 5.49. The smallest absolute Gasteiger partial charge is 0.274 e. The van der Waals surface area contributed by atoms with Crippen LogP contribution >= 0.6 is 0 Å². The summed E-state index contributed by atoms with van der Waals surface area (Å²) in [4.78, 5) is 28.1. The van der Waals surface area contributed by atoms with Gasteiger partial charge in [0.05, 0.1) is 18.2 Å². The molecule has 124 valence electrons. The molecule has 2 aromatic carbocycles. The van der Waals surface area contributed by atoms with Gasteiger partial charge in [-0.15, -0.1) is 0 Å². The molecule has 4 rings (SSSR count). The van der Waals surface area contributed by atoms with E-state index >= 15 is 0 Å². The van der Waals surface area contributed by atoms with E-state index < -0.39 is 0 Å². The quantitative estimate of drug-likeness (QED) is 0.770. The number of hydrogen-bond donors (Lipinski definition) is 2. The lowest BCUT2D eigenvalue weighted by molar-refractivity contribution is -0.118. The molecule has 7 heteroatoms. The van der Waals surface area contributed by atoms with E-state index in [0.717, 1.165) is 5.69 Å². The van der Waals surface area contributed by atoms with E-state index in [9.17, 15) is 9.59 Å². The first kappa shape index (κ1) is 14.9. The summed E-state index contributed by atoms with van der Waals surface area (Å²) < 4.78 is 7.01. The molecule has 0 fully saturated rings. The van der Waals surface area contributed by atoms with Crippen LogP contribution in [0.25, 0.3) is 5.69 Å². The number of nitrogens with one attached hydrogen (secondary N) is 2. The summed E-state index contributed by atoms with van der Waals surface area (Å²) in [5, 5.41) is 5.53. The van der Waals surface area contributed by atoms with Crippen molar-refractivity contribution in [1.29, 1.82) is 0 Å². The fraction of sp³-hybridized carbons (Fsp3) is 0.0556. The van der Waals surface area contributed by atoms with Gasteiger partial charge in [-0.2, -0.15) is 0 Å². The number of nitrogens with zero attached hydrogens (tertiary/aromatic N) is 2. The Hall–Kier alpha value is -3.61. The average molecular weight is 334 g/mol. The number of imidazole rings is 1. The van der Waals surface area contributed by atoms with E-state index in [2.05, 4.69) is 15.6 Å². The van der Waals surface area contributed by atoms with Crippen molar-refractivity contribution in [2.45, 2.75) is 0 Å². The number of aromatic nitrogens is 2. The zero-order valence-corrected chi connectivity index (χ0v) is 13.1. The fourth-order valence-corrected chi connectivity index (χ4v) is 2.61. The van der Waals surface area contributed by atoms with E-state index in [1.807, 2.05) is 30.3 Å². The maximum absolute atomic E-state index is 12.6. The van der Waals surface area contributed by atoms with Crippen LogP contribution in [-0.4, -0.2) is 28.0 Å². The Morgan fingerprint density at radius 3 is 2.88 bits per heavy atom. The van der Waals surface area contributed by atoms with Gasteiger partial charge in [0.25, 0.3) is 11.8 Å². The van der Waals surface area contributed by atoms with Crippen LogP contribution in [-0.2, 0) is 4.79 Å². The number of anilines is 2. The number of hydrogen-bond acceptors (Lipinski definition) is 4. The van der Waals surface area contributed by atoms with Gasteiger partial charge in [-0.05, 0) is 30.3 Å². The van der Waals surface area contributed by atoms with Crippen LogP contribution in [0.5, 0.6) is 5.75 Å². The number of carbonyl (C=O) groups is 2. The molecule has 0 radical (unpaired) electrons. The number of ether oxygens (including phenoxy) is 1. The predicted octanol–water partition coefficient (Wildman–Crippen LogP) is 2.46. The third kappa shape index (κ3) is 2.94. The van der Waals surface area contributed by atoms with E-state index in [-0.39, 0.29) is 18.4 Å². The first-order valence-electron chi connectivity index (χ1n) is 7.66. The molecule has 3 aromatic rings. The van der Waals surface area contributed by atoms with Crippen molar-refractivity contribution in [3.05, 3.63) is 66.7 Å². The van der Waals surface area contributed by atoms with Gasteiger partial charge in [0, 0.05) is 11.4 Å². The normalized spacial score (nSPS) is 12.7. The van der Waals surface area contributed by atoms with Crippen LogP contribution in [0.4, 0.5) is 11.4 Å².